The van der Waals surface area contributed by atoms with E-state index in [1.807, 2.05) is 6.07 Å². The number of nitrogens with one attached hydrogen (secondary N) is 3. The van der Waals surface area contributed by atoms with E-state index in [1.54, 1.807) is 62.4 Å². The van der Waals surface area contributed by atoms with E-state index >= 15 is 0 Å². The van der Waals surface area contributed by atoms with E-state index in [4.69, 9.17) is 46.9 Å². The molecule has 0 aromatic heterocycles. The summed E-state index contributed by atoms with van der Waals surface area (Å²) >= 11 is 12.1. The second kappa shape index (κ2) is 16.1. The van der Waals surface area contributed by atoms with Gasteiger partial charge in [0, 0.05) is 5.70 Å². The number of methoxy groups -OCH3 is 2. The van der Waals surface area contributed by atoms with E-state index in [9.17, 15) is 14.7 Å². The number of ether oxygens (including phenoxy) is 5. The molecule has 4 N–H and O–H groups in total. The van der Waals surface area contributed by atoms with Crippen LogP contribution in [0.3, 0.4) is 0 Å². The van der Waals surface area contributed by atoms with Crippen molar-refractivity contribution in [2.75, 3.05) is 27.4 Å². The van der Waals surface area contributed by atoms with Gasteiger partial charge in [0.25, 0.3) is 0 Å². The standard InChI is InChI=1S/C32H34Cl2N4O8/c1-5-44-27-14-21(30-29(31(40)43-4)18(2)36-32(41)37-30)8-11-25(27)46-17-28(39)38-35-15-19-7-10-24(26(13-19)42-3)45-16-20-6-9-22(33)23(34)12-20/h6-15,28,30,38-39H,5,16-17H2,1-4H3,(H2,36,37,41)/b35-15-/t28-,30+/m0/s1. The highest BCUT2D eigenvalue weighted by Crippen LogP contribution is 2.35. The zero-order valence-electron chi connectivity index (χ0n) is 25.6. The SMILES string of the molecule is CCOc1cc([C@H]2NC(=O)NC(C)=C2C(=O)OC)ccc1OC[C@H](O)N/N=C\c1ccc(OCc2ccc(Cl)c(Cl)c2)c(OC)c1. The van der Waals surface area contributed by atoms with Gasteiger partial charge in [-0.1, -0.05) is 35.3 Å². The quantitative estimate of drug-likeness (QED) is 0.0794. The van der Waals surface area contributed by atoms with Crippen molar-refractivity contribution < 1.29 is 38.4 Å². The third kappa shape index (κ3) is 8.75. The molecule has 1 heterocycles. The van der Waals surface area contributed by atoms with Gasteiger partial charge in [0.15, 0.2) is 29.2 Å². The fraction of sp³-hybridized carbons (Fsp3) is 0.281. The number of aliphatic hydroxyl groups excluding tert-OH is 1. The number of carbonyl (C=O) groups excluding carboxylic acids is 2. The van der Waals surface area contributed by atoms with Gasteiger partial charge in [-0.25, -0.2) is 9.59 Å². The number of allylic oxidation sites excluding steroid dienone is 1. The molecule has 1 aliphatic heterocycles. The summed E-state index contributed by atoms with van der Waals surface area (Å²) in [4.78, 5) is 24.6. The van der Waals surface area contributed by atoms with Crippen LogP contribution in [0, 0.1) is 0 Å². The van der Waals surface area contributed by atoms with Gasteiger partial charge in [0.1, 0.15) is 13.2 Å². The van der Waals surface area contributed by atoms with Gasteiger partial charge in [-0.2, -0.15) is 5.10 Å². The van der Waals surface area contributed by atoms with E-state index in [2.05, 4.69) is 21.2 Å². The number of amides is 2. The minimum Gasteiger partial charge on any atom is -0.493 e. The Labute approximate surface area is 276 Å². The van der Waals surface area contributed by atoms with Gasteiger partial charge in [-0.05, 0) is 73.0 Å². The Kier molecular flexibility index (Phi) is 12.0. The molecule has 12 nitrogen and oxygen atoms in total. The van der Waals surface area contributed by atoms with Crippen molar-refractivity contribution in [2.45, 2.75) is 32.7 Å². The van der Waals surface area contributed by atoms with Crippen molar-refractivity contribution in [3.05, 3.63) is 92.6 Å². The lowest BCUT2D eigenvalue weighted by molar-refractivity contribution is -0.136. The van der Waals surface area contributed by atoms with Crippen LogP contribution < -0.4 is 35.0 Å². The summed E-state index contributed by atoms with van der Waals surface area (Å²) < 4.78 is 27.8. The molecule has 3 aromatic carbocycles. The van der Waals surface area contributed by atoms with Crippen LogP contribution in [0.1, 0.15) is 36.6 Å². The maximum Gasteiger partial charge on any atom is 0.337 e. The van der Waals surface area contributed by atoms with E-state index < -0.39 is 24.3 Å². The highest BCUT2D eigenvalue weighted by molar-refractivity contribution is 6.42. The number of halogens is 2. The van der Waals surface area contributed by atoms with Crippen LogP contribution in [-0.2, 0) is 16.1 Å². The fourth-order valence-corrected chi connectivity index (χ4v) is 4.81. The Bertz CT molecular complexity index is 1630. The molecule has 0 saturated heterocycles. The Morgan fingerprint density at radius 1 is 1.00 bits per heavy atom. The second-order valence-electron chi connectivity index (χ2n) is 9.86. The van der Waals surface area contributed by atoms with Crippen LogP contribution in [0.4, 0.5) is 4.79 Å². The smallest absolute Gasteiger partial charge is 0.337 e. The maximum atomic E-state index is 12.4. The molecule has 0 saturated carbocycles. The largest absolute Gasteiger partial charge is 0.493 e. The lowest BCUT2D eigenvalue weighted by Gasteiger charge is -2.28. The Balaban J connectivity index is 1.36. The lowest BCUT2D eigenvalue weighted by Crippen LogP contribution is -2.45. The molecule has 0 aliphatic carbocycles. The summed E-state index contributed by atoms with van der Waals surface area (Å²) in [5, 5.41) is 20.8. The van der Waals surface area contributed by atoms with Crippen LogP contribution >= 0.6 is 23.2 Å². The van der Waals surface area contributed by atoms with Crippen LogP contribution in [0.15, 0.2) is 71.0 Å². The molecular formula is C32H34Cl2N4O8. The number of rotatable bonds is 14. The summed E-state index contributed by atoms with van der Waals surface area (Å²) in [5.41, 5.74) is 5.38. The number of urea groups is 1. The van der Waals surface area contributed by atoms with Gasteiger partial charge < -0.3 is 39.4 Å². The number of nitrogens with zero attached hydrogens (tertiary/aromatic N) is 1. The van der Waals surface area contributed by atoms with Crippen molar-refractivity contribution >= 4 is 41.4 Å². The molecule has 0 radical (unpaired) electrons. The highest BCUT2D eigenvalue weighted by atomic mass is 35.5. The second-order valence-corrected chi connectivity index (χ2v) is 10.7. The molecule has 46 heavy (non-hydrogen) atoms. The summed E-state index contributed by atoms with van der Waals surface area (Å²) in [6, 6.07) is 14.3. The molecule has 2 atom stereocenters. The van der Waals surface area contributed by atoms with Crippen LogP contribution in [0.25, 0.3) is 0 Å². The number of aliphatic hydroxyl groups is 1. The summed E-state index contributed by atoms with van der Waals surface area (Å²) in [6.45, 7) is 3.85. The van der Waals surface area contributed by atoms with E-state index in [0.29, 0.717) is 56.5 Å². The van der Waals surface area contributed by atoms with E-state index in [-0.39, 0.29) is 18.8 Å². The molecule has 4 rings (SSSR count). The summed E-state index contributed by atoms with van der Waals surface area (Å²) in [7, 11) is 2.80. The molecule has 2 amide bonds. The van der Waals surface area contributed by atoms with Gasteiger partial charge in [-0.3, -0.25) is 5.43 Å². The van der Waals surface area contributed by atoms with Crippen LogP contribution in [-0.4, -0.2) is 57.0 Å². The number of hydrazone groups is 1. The van der Waals surface area contributed by atoms with Gasteiger partial charge in [0.05, 0.1) is 48.7 Å². The molecule has 244 valence electrons. The topological polar surface area (TPSA) is 149 Å². The normalized spacial score (nSPS) is 15.1. The average Bonchev–Trinajstić information content (AvgIpc) is 3.04. The van der Waals surface area contributed by atoms with Crippen molar-refractivity contribution in [3.63, 3.8) is 0 Å². The van der Waals surface area contributed by atoms with E-state index in [1.165, 1.54) is 20.4 Å². The number of carbonyl (C=O) groups is 2. The van der Waals surface area contributed by atoms with Crippen LogP contribution in [0.5, 0.6) is 23.0 Å². The first-order valence-corrected chi connectivity index (χ1v) is 14.9. The molecule has 0 fully saturated rings. The van der Waals surface area contributed by atoms with Gasteiger partial charge in [-0.15, -0.1) is 0 Å². The van der Waals surface area contributed by atoms with Crippen LogP contribution in [0.2, 0.25) is 10.0 Å². The molecule has 1 aliphatic rings. The summed E-state index contributed by atoms with van der Waals surface area (Å²) in [5.74, 6) is 1.15. The molecule has 3 aromatic rings. The molecule has 14 heteroatoms. The van der Waals surface area contributed by atoms with Crippen molar-refractivity contribution in [1.29, 1.82) is 0 Å². The lowest BCUT2D eigenvalue weighted by atomic mass is 9.95. The molecule has 0 bridgehead atoms. The molecular weight excluding hydrogens is 639 g/mol. The summed E-state index contributed by atoms with van der Waals surface area (Å²) in [6.07, 6.45) is 0.345. The minimum absolute atomic E-state index is 0.169. The predicted molar refractivity (Wildman–Crippen MR) is 173 cm³/mol. The third-order valence-electron chi connectivity index (χ3n) is 6.68. The first kappa shape index (κ1) is 34.2. The fourth-order valence-electron chi connectivity index (χ4n) is 4.49. The predicted octanol–water partition coefficient (Wildman–Crippen LogP) is 5.10. The number of hydrogen-bond donors (Lipinski definition) is 4. The number of benzene rings is 3. The van der Waals surface area contributed by atoms with Crippen molar-refractivity contribution in [3.8, 4) is 23.0 Å². The Morgan fingerprint density at radius 3 is 2.48 bits per heavy atom. The zero-order valence-corrected chi connectivity index (χ0v) is 27.1. The number of esters is 1. The first-order chi connectivity index (χ1) is 22.1. The highest BCUT2D eigenvalue weighted by Gasteiger charge is 2.32. The minimum atomic E-state index is -1.17. The molecule has 0 spiro atoms. The average molecular weight is 674 g/mol. The Morgan fingerprint density at radius 2 is 1.76 bits per heavy atom. The third-order valence-corrected chi connectivity index (χ3v) is 7.41. The van der Waals surface area contributed by atoms with Gasteiger partial charge >= 0.3 is 12.0 Å². The van der Waals surface area contributed by atoms with Crippen molar-refractivity contribution in [2.24, 2.45) is 5.10 Å². The maximum absolute atomic E-state index is 12.4. The van der Waals surface area contributed by atoms with E-state index in [0.717, 1.165) is 5.56 Å². The first-order valence-electron chi connectivity index (χ1n) is 14.1. The van der Waals surface area contributed by atoms with Gasteiger partial charge in [0.2, 0.25) is 0 Å². The zero-order chi connectivity index (χ0) is 33.2. The number of hydrogen-bond acceptors (Lipinski definition) is 10. The monoisotopic (exact) mass is 672 g/mol. The molecule has 0 unspecified atom stereocenters. The Hall–Kier alpha value is -4.65. The van der Waals surface area contributed by atoms with Crippen molar-refractivity contribution in [1.82, 2.24) is 16.1 Å².